The van der Waals surface area contributed by atoms with E-state index in [-0.39, 0.29) is 6.04 Å². The van der Waals surface area contributed by atoms with Crippen molar-refractivity contribution < 1.29 is 13.2 Å². The first kappa shape index (κ1) is 15.3. The lowest BCUT2D eigenvalue weighted by Crippen LogP contribution is -2.45. The normalized spacial score (nSPS) is 21.6. The van der Waals surface area contributed by atoms with E-state index in [1.165, 1.54) is 4.90 Å². The molecule has 1 aromatic rings. The minimum atomic E-state index is -4.25. The molecule has 20 heavy (non-hydrogen) atoms. The smallest absolute Gasteiger partial charge is 0.328 e. The summed E-state index contributed by atoms with van der Waals surface area (Å²) in [5.41, 5.74) is 6.16. The average molecular weight is 286 g/mol. The molecule has 0 bridgehead atoms. The van der Waals surface area contributed by atoms with Crippen LogP contribution >= 0.6 is 0 Å². The molecule has 2 nitrogen and oxygen atoms in total. The molecule has 1 saturated heterocycles. The van der Waals surface area contributed by atoms with Gasteiger partial charge in [0.2, 0.25) is 0 Å². The molecule has 2 N–H and O–H groups in total. The minimum Gasteiger partial charge on any atom is -0.328 e. The predicted molar refractivity (Wildman–Crippen MR) is 73.2 cm³/mol. The zero-order chi connectivity index (χ0) is 14.8. The van der Waals surface area contributed by atoms with Gasteiger partial charge in [-0.15, -0.1) is 0 Å². The Morgan fingerprint density at radius 2 is 1.70 bits per heavy atom. The van der Waals surface area contributed by atoms with E-state index in [9.17, 15) is 13.2 Å². The van der Waals surface area contributed by atoms with Crippen LogP contribution in [0.1, 0.15) is 31.4 Å². The summed E-state index contributed by atoms with van der Waals surface area (Å²) in [6.07, 6.45) is -2.78. The molecule has 0 amide bonds. The van der Waals surface area contributed by atoms with Crippen LogP contribution in [0.25, 0.3) is 0 Å². The molecule has 1 aliphatic rings. The largest absolute Gasteiger partial charge is 0.408 e. The molecule has 2 atom stereocenters. The number of nitrogens with zero attached hydrogens (tertiary/aromatic N) is 1. The van der Waals surface area contributed by atoms with Gasteiger partial charge < -0.3 is 5.73 Å². The number of alkyl halides is 3. The topological polar surface area (TPSA) is 29.3 Å². The number of hydrogen-bond donors (Lipinski definition) is 1. The lowest BCUT2D eigenvalue weighted by molar-refractivity contribution is -0.190. The third-order valence-corrected chi connectivity index (χ3v) is 4.11. The second kappa shape index (κ2) is 6.14. The van der Waals surface area contributed by atoms with Crippen molar-refractivity contribution in [2.24, 2.45) is 11.7 Å². The van der Waals surface area contributed by atoms with Gasteiger partial charge in [0.05, 0.1) is 0 Å². The number of rotatable bonds is 3. The Hall–Kier alpha value is -1.07. The number of benzene rings is 1. The lowest BCUT2D eigenvalue weighted by atomic mass is 9.89. The molecular formula is C15H21F3N2. The Balaban J connectivity index is 2.14. The van der Waals surface area contributed by atoms with Crippen molar-refractivity contribution in [3.05, 3.63) is 35.9 Å². The fraction of sp³-hybridized carbons (Fsp3) is 0.600. The standard InChI is InChI=1S/C15H21F3N2/c1-11(19)12-7-9-20(10-8-12)14(15(16,17)18)13-5-3-2-4-6-13/h2-6,11-12,14H,7-10,19H2,1H3. The molecule has 0 radical (unpaired) electrons. The maximum absolute atomic E-state index is 13.4. The molecule has 1 aromatic carbocycles. The fourth-order valence-corrected chi connectivity index (χ4v) is 2.95. The Morgan fingerprint density at radius 3 is 2.15 bits per heavy atom. The van der Waals surface area contributed by atoms with E-state index < -0.39 is 12.2 Å². The van der Waals surface area contributed by atoms with Crippen LogP contribution in [0.2, 0.25) is 0 Å². The summed E-state index contributed by atoms with van der Waals surface area (Å²) in [6, 6.07) is 6.70. The first-order valence-corrected chi connectivity index (χ1v) is 7.01. The summed E-state index contributed by atoms with van der Waals surface area (Å²) in [4.78, 5) is 1.54. The van der Waals surface area contributed by atoms with Crippen molar-refractivity contribution in [3.63, 3.8) is 0 Å². The number of hydrogen-bond acceptors (Lipinski definition) is 2. The Morgan fingerprint density at radius 1 is 1.15 bits per heavy atom. The molecule has 0 spiro atoms. The summed E-state index contributed by atoms with van der Waals surface area (Å²) in [5.74, 6) is 0.330. The third kappa shape index (κ3) is 3.52. The first-order chi connectivity index (χ1) is 9.39. The summed E-state index contributed by atoms with van der Waals surface area (Å²) in [7, 11) is 0. The average Bonchev–Trinajstić information content (AvgIpc) is 2.39. The van der Waals surface area contributed by atoms with Crippen LogP contribution in [0.15, 0.2) is 30.3 Å². The van der Waals surface area contributed by atoms with Gasteiger partial charge in [-0.2, -0.15) is 13.2 Å². The highest BCUT2D eigenvalue weighted by atomic mass is 19.4. The molecule has 1 aliphatic heterocycles. The van der Waals surface area contributed by atoms with Crippen LogP contribution in [-0.4, -0.2) is 30.2 Å². The van der Waals surface area contributed by atoms with Crippen molar-refractivity contribution in [3.8, 4) is 0 Å². The lowest BCUT2D eigenvalue weighted by Gasteiger charge is -2.39. The van der Waals surface area contributed by atoms with Crippen LogP contribution in [0.3, 0.4) is 0 Å². The molecule has 2 unspecified atom stereocenters. The van der Waals surface area contributed by atoms with E-state index in [1.807, 2.05) is 6.92 Å². The number of piperidine rings is 1. The van der Waals surface area contributed by atoms with Crippen molar-refractivity contribution in [1.29, 1.82) is 0 Å². The first-order valence-electron chi connectivity index (χ1n) is 7.01. The van der Waals surface area contributed by atoms with Crippen LogP contribution in [0, 0.1) is 5.92 Å². The van der Waals surface area contributed by atoms with E-state index >= 15 is 0 Å². The molecule has 0 aliphatic carbocycles. The summed E-state index contributed by atoms with van der Waals surface area (Å²) >= 11 is 0. The highest BCUT2D eigenvalue weighted by molar-refractivity contribution is 5.20. The summed E-state index contributed by atoms with van der Waals surface area (Å²) < 4.78 is 40.1. The van der Waals surface area contributed by atoms with E-state index in [2.05, 4.69) is 0 Å². The number of likely N-dealkylation sites (tertiary alicyclic amines) is 1. The highest BCUT2D eigenvalue weighted by Crippen LogP contribution is 2.39. The molecule has 0 saturated carbocycles. The van der Waals surface area contributed by atoms with Gasteiger partial charge >= 0.3 is 6.18 Å². The van der Waals surface area contributed by atoms with Gasteiger partial charge in [0.25, 0.3) is 0 Å². The highest BCUT2D eigenvalue weighted by Gasteiger charge is 2.45. The molecular weight excluding hydrogens is 265 g/mol. The van der Waals surface area contributed by atoms with Crippen LogP contribution < -0.4 is 5.73 Å². The Kier molecular flexibility index (Phi) is 4.70. The zero-order valence-corrected chi connectivity index (χ0v) is 11.6. The maximum Gasteiger partial charge on any atom is 0.408 e. The second-order valence-electron chi connectivity index (χ2n) is 5.59. The minimum absolute atomic E-state index is 0.0539. The van der Waals surface area contributed by atoms with Gasteiger partial charge in [-0.3, -0.25) is 4.90 Å². The summed E-state index contributed by atoms with van der Waals surface area (Å²) in [6.45, 7) is 2.83. The SMILES string of the molecule is CC(N)C1CCN(C(c2ccccc2)C(F)(F)F)CC1. The summed E-state index contributed by atoms with van der Waals surface area (Å²) in [5, 5.41) is 0. The number of halogens is 3. The van der Waals surface area contributed by atoms with Gasteiger partial charge in [-0.1, -0.05) is 30.3 Å². The molecule has 1 heterocycles. The van der Waals surface area contributed by atoms with Crippen LogP contribution in [-0.2, 0) is 0 Å². The van der Waals surface area contributed by atoms with Crippen molar-refractivity contribution in [2.75, 3.05) is 13.1 Å². The molecule has 0 aromatic heterocycles. The fourth-order valence-electron chi connectivity index (χ4n) is 2.95. The molecule has 1 fully saturated rings. The van der Waals surface area contributed by atoms with Gasteiger partial charge in [0.1, 0.15) is 6.04 Å². The van der Waals surface area contributed by atoms with Crippen molar-refractivity contribution >= 4 is 0 Å². The van der Waals surface area contributed by atoms with E-state index in [0.717, 1.165) is 12.8 Å². The van der Waals surface area contributed by atoms with Gasteiger partial charge in [0, 0.05) is 6.04 Å². The third-order valence-electron chi connectivity index (χ3n) is 4.11. The quantitative estimate of drug-likeness (QED) is 0.923. The molecule has 112 valence electrons. The Bertz CT molecular complexity index is 409. The van der Waals surface area contributed by atoms with Crippen LogP contribution in [0.5, 0.6) is 0 Å². The predicted octanol–water partition coefficient (Wildman–Crippen LogP) is 3.35. The van der Waals surface area contributed by atoms with Crippen molar-refractivity contribution in [2.45, 2.75) is 38.0 Å². The van der Waals surface area contributed by atoms with E-state index in [0.29, 0.717) is 24.6 Å². The second-order valence-corrected chi connectivity index (χ2v) is 5.59. The maximum atomic E-state index is 13.4. The number of nitrogens with two attached hydrogens (primary N) is 1. The van der Waals surface area contributed by atoms with Gasteiger partial charge in [-0.25, -0.2) is 0 Å². The van der Waals surface area contributed by atoms with E-state index in [1.54, 1.807) is 30.3 Å². The zero-order valence-electron chi connectivity index (χ0n) is 11.6. The monoisotopic (exact) mass is 286 g/mol. The van der Waals surface area contributed by atoms with Gasteiger partial charge in [0.15, 0.2) is 0 Å². The molecule has 2 rings (SSSR count). The van der Waals surface area contributed by atoms with Crippen LogP contribution in [0.4, 0.5) is 13.2 Å². The van der Waals surface area contributed by atoms with E-state index in [4.69, 9.17) is 5.73 Å². The van der Waals surface area contributed by atoms with Crippen molar-refractivity contribution in [1.82, 2.24) is 4.90 Å². The molecule has 5 heteroatoms. The Labute approximate surface area is 117 Å². The van der Waals surface area contributed by atoms with Gasteiger partial charge in [-0.05, 0) is 44.3 Å².